The summed E-state index contributed by atoms with van der Waals surface area (Å²) in [5.41, 5.74) is 1.36. The fourth-order valence-corrected chi connectivity index (χ4v) is 1.34. The summed E-state index contributed by atoms with van der Waals surface area (Å²) in [5.74, 6) is 1.00. The molecule has 0 bridgehead atoms. The smallest absolute Gasteiger partial charge is 0.130 e. The first-order valence-corrected chi connectivity index (χ1v) is 5.95. The molecular formula is C13H23N3. The van der Waals surface area contributed by atoms with E-state index in [1.54, 1.807) is 0 Å². The summed E-state index contributed by atoms with van der Waals surface area (Å²) in [7, 11) is 0. The van der Waals surface area contributed by atoms with Crippen LogP contribution >= 0.6 is 0 Å². The molecular weight excluding hydrogens is 198 g/mol. The standard InChI is InChI=1S/C13H23N3/c1-5-8-14-12-11(7-6-9-15-12)10-16-13(2,3)4/h6-7,9,16H,5,8,10H2,1-4H3,(H,14,15). The number of hydrogen-bond donors (Lipinski definition) is 2. The Morgan fingerprint density at radius 1 is 1.31 bits per heavy atom. The van der Waals surface area contributed by atoms with Crippen LogP contribution in [0.1, 0.15) is 39.7 Å². The molecule has 0 atom stereocenters. The molecule has 0 fully saturated rings. The van der Waals surface area contributed by atoms with Crippen molar-refractivity contribution in [3.05, 3.63) is 23.9 Å². The lowest BCUT2D eigenvalue weighted by atomic mass is 10.1. The van der Waals surface area contributed by atoms with E-state index in [0.29, 0.717) is 0 Å². The third-order valence-corrected chi connectivity index (χ3v) is 2.24. The van der Waals surface area contributed by atoms with Crippen LogP contribution in [0.25, 0.3) is 0 Å². The van der Waals surface area contributed by atoms with Gasteiger partial charge in [0.2, 0.25) is 0 Å². The van der Waals surface area contributed by atoms with Crippen LogP contribution < -0.4 is 10.6 Å². The maximum atomic E-state index is 4.37. The number of pyridine rings is 1. The molecule has 3 heteroatoms. The maximum absolute atomic E-state index is 4.37. The number of aromatic nitrogens is 1. The first kappa shape index (κ1) is 13.0. The summed E-state index contributed by atoms with van der Waals surface area (Å²) in [6.45, 7) is 10.5. The van der Waals surface area contributed by atoms with Gasteiger partial charge in [-0.25, -0.2) is 4.98 Å². The normalized spacial score (nSPS) is 11.5. The van der Waals surface area contributed by atoms with Crippen LogP contribution in [0.15, 0.2) is 18.3 Å². The highest BCUT2D eigenvalue weighted by Gasteiger charge is 2.10. The first-order chi connectivity index (χ1) is 7.53. The zero-order valence-electron chi connectivity index (χ0n) is 10.8. The average molecular weight is 221 g/mol. The van der Waals surface area contributed by atoms with Gasteiger partial charge in [0.05, 0.1) is 0 Å². The van der Waals surface area contributed by atoms with Crippen LogP contribution in [-0.4, -0.2) is 17.1 Å². The molecule has 0 aliphatic rings. The maximum Gasteiger partial charge on any atom is 0.130 e. The Morgan fingerprint density at radius 2 is 2.06 bits per heavy atom. The second-order valence-electron chi connectivity index (χ2n) is 5.04. The van der Waals surface area contributed by atoms with Crippen LogP contribution in [-0.2, 0) is 6.54 Å². The lowest BCUT2D eigenvalue weighted by Gasteiger charge is -2.21. The van der Waals surface area contributed by atoms with Crippen molar-refractivity contribution in [2.24, 2.45) is 0 Å². The molecule has 1 aromatic heterocycles. The Morgan fingerprint density at radius 3 is 2.69 bits per heavy atom. The number of hydrogen-bond acceptors (Lipinski definition) is 3. The van der Waals surface area contributed by atoms with Gasteiger partial charge in [0.15, 0.2) is 0 Å². The molecule has 0 aliphatic carbocycles. The highest BCUT2D eigenvalue weighted by Crippen LogP contribution is 2.12. The minimum absolute atomic E-state index is 0.137. The zero-order valence-corrected chi connectivity index (χ0v) is 10.8. The number of nitrogens with zero attached hydrogens (tertiary/aromatic N) is 1. The predicted octanol–water partition coefficient (Wildman–Crippen LogP) is 2.79. The quantitative estimate of drug-likeness (QED) is 0.803. The summed E-state index contributed by atoms with van der Waals surface area (Å²) in [4.78, 5) is 4.37. The molecule has 0 amide bonds. The van der Waals surface area contributed by atoms with Gasteiger partial charge in [0, 0.05) is 30.4 Å². The van der Waals surface area contributed by atoms with Gasteiger partial charge in [-0.2, -0.15) is 0 Å². The fourth-order valence-electron chi connectivity index (χ4n) is 1.34. The monoisotopic (exact) mass is 221 g/mol. The number of rotatable bonds is 5. The summed E-state index contributed by atoms with van der Waals surface area (Å²) >= 11 is 0. The van der Waals surface area contributed by atoms with E-state index < -0.39 is 0 Å². The summed E-state index contributed by atoms with van der Waals surface area (Å²) in [6.07, 6.45) is 2.95. The molecule has 0 unspecified atom stereocenters. The van der Waals surface area contributed by atoms with Crippen LogP contribution in [0.4, 0.5) is 5.82 Å². The molecule has 2 N–H and O–H groups in total. The average Bonchev–Trinajstić information content (AvgIpc) is 2.23. The molecule has 0 aliphatic heterocycles. The molecule has 16 heavy (non-hydrogen) atoms. The van der Waals surface area contributed by atoms with E-state index in [1.807, 2.05) is 12.3 Å². The van der Waals surface area contributed by atoms with E-state index >= 15 is 0 Å². The fraction of sp³-hybridized carbons (Fsp3) is 0.615. The van der Waals surface area contributed by atoms with Gasteiger partial charge in [-0.05, 0) is 33.3 Å². The summed E-state index contributed by atoms with van der Waals surface area (Å²) in [6, 6.07) is 4.10. The van der Waals surface area contributed by atoms with Crippen molar-refractivity contribution >= 4 is 5.82 Å². The second-order valence-corrected chi connectivity index (χ2v) is 5.04. The second kappa shape index (κ2) is 5.85. The Hall–Kier alpha value is -1.09. The number of anilines is 1. The molecule has 3 nitrogen and oxygen atoms in total. The Balaban J connectivity index is 2.63. The largest absolute Gasteiger partial charge is 0.370 e. The molecule has 0 saturated heterocycles. The van der Waals surface area contributed by atoms with Crippen molar-refractivity contribution in [2.75, 3.05) is 11.9 Å². The van der Waals surface area contributed by atoms with Crippen LogP contribution in [0.2, 0.25) is 0 Å². The molecule has 1 aromatic rings. The van der Waals surface area contributed by atoms with Crippen molar-refractivity contribution < 1.29 is 0 Å². The van der Waals surface area contributed by atoms with Crippen LogP contribution in [0.5, 0.6) is 0 Å². The van der Waals surface area contributed by atoms with Crippen molar-refractivity contribution in [1.82, 2.24) is 10.3 Å². The molecule has 1 rings (SSSR count). The first-order valence-electron chi connectivity index (χ1n) is 5.95. The minimum Gasteiger partial charge on any atom is -0.370 e. The van der Waals surface area contributed by atoms with Gasteiger partial charge in [-0.1, -0.05) is 13.0 Å². The number of nitrogens with one attached hydrogen (secondary N) is 2. The molecule has 0 aromatic carbocycles. The molecule has 1 heterocycles. The lowest BCUT2D eigenvalue weighted by Crippen LogP contribution is -2.35. The van der Waals surface area contributed by atoms with Crippen molar-refractivity contribution in [2.45, 2.75) is 46.2 Å². The van der Waals surface area contributed by atoms with E-state index in [0.717, 1.165) is 25.3 Å². The van der Waals surface area contributed by atoms with Gasteiger partial charge < -0.3 is 10.6 Å². The highest BCUT2D eigenvalue weighted by atomic mass is 15.0. The van der Waals surface area contributed by atoms with Gasteiger partial charge in [0.25, 0.3) is 0 Å². The molecule has 0 spiro atoms. The Labute approximate surface area is 98.7 Å². The van der Waals surface area contributed by atoms with Crippen LogP contribution in [0.3, 0.4) is 0 Å². The van der Waals surface area contributed by atoms with Crippen molar-refractivity contribution in [3.8, 4) is 0 Å². The summed E-state index contributed by atoms with van der Waals surface area (Å²) in [5, 5.41) is 6.82. The third kappa shape index (κ3) is 4.62. The molecule has 90 valence electrons. The van der Waals surface area contributed by atoms with Crippen molar-refractivity contribution in [1.29, 1.82) is 0 Å². The summed E-state index contributed by atoms with van der Waals surface area (Å²) < 4.78 is 0. The van der Waals surface area contributed by atoms with E-state index in [1.165, 1.54) is 5.56 Å². The SMILES string of the molecule is CCCNc1ncccc1CNC(C)(C)C. The third-order valence-electron chi connectivity index (χ3n) is 2.24. The lowest BCUT2D eigenvalue weighted by molar-refractivity contribution is 0.424. The van der Waals surface area contributed by atoms with Crippen LogP contribution in [0, 0.1) is 0 Å². The van der Waals surface area contributed by atoms with Crippen molar-refractivity contribution in [3.63, 3.8) is 0 Å². The molecule has 0 radical (unpaired) electrons. The topological polar surface area (TPSA) is 37.0 Å². The van der Waals surface area contributed by atoms with E-state index in [-0.39, 0.29) is 5.54 Å². The predicted molar refractivity (Wildman–Crippen MR) is 69.6 cm³/mol. The van der Waals surface area contributed by atoms with Gasteiger partial charge in [-0.15, -0.1) is 0 Å². The van der Waals surface area contributed by atoms with Gasteiger partial charge in [0.1, 0.15) is 5.82 Å². The zero-order chi connectivity index (χ0) is 12.0. The van der Waals surface area contributed by atoms with E-state index in [9.17, 15) is 0 Å². The van der Waals surface area contributed by atoms with Gasteiger partial charge in [-0.3, -0.25) is 0 Å². The molecule has 0 saturated carbocycles. The van der Waals surface area contributed by atoms with Gasteiger partial charge >= 0.3 is 0 Å². The Kier molecular flexibility index (Phi) is 4.74. The highest BCUT2D eigenvalue weighted by molar-refractivity contribution is 5.43. The van der Waals surface area contributed by atoms with E-state index in [4.69, 9.17) is 0 Å². The minimum atomic E-state index is 0.137. The van der Waals surface area contributed by atoms with E-state index in [2.05, 4.69) is 49.4 Å². The Bertz CT molecular complexity index is 315.